The summed E-state index contributed by atoms with van der Waals surface area (Å²) in [6, 6.07) is 74.6. The summed E-state index contributed by atoms with van der Waals surface area (Å²) < 4.78 is 11.6. The summed E-state index contributed by atoms with van der Waals surface area (Å²) in [6.07, 6.45) is 0. The van der Waals surface area contributed by atoms with Crippen LogP contribution < -0.4 is 0 Å². The predicted molar refractivity (Wildman–Crippen MR) is 258 cm³/mol. The lowest BCUT2D eigenvalue weighted by molar-refractivity contribution is 0.623. The van der Waals surface area contributed by atoms with Crippen molar-refractivity contribution in [2.75, 3.05) is 0 Å². The largest absolute Gasteiger partial charge is 0.435 e. The summed E-state index contributed by atoms with van der Waals surface area (Å²) in [5, 5.41) is 9.73. The number of nitrogens with zero attached hydrogens (tertiary/aromatic N) is 2. The van der Waals surface area contributed by atoms with E-state index in [0.29, 0.717) is 5.89 Å². The zero-order valence-corrected chi connectivity index (χ0v) is 33.7. The minimum Gasteiger partial charge on any atom is -0.435 e. The molecule has 0 atom stereocenters. The normalized spacial score (nSPS) is 11.9. The van der Waals surface area contributed by atoms with E-state index in [-0.39, 0.29) is 0 Å². The van der Waals surface area contributed by atoms with Gasteiger partial charge < -0.3 is 8.98 Å². The average Bonchev–Trinajstić information content (AvgIpc) is 4.02. The van der Waals surface area contributed by atoms with Gasteiger partial charge >= 0.3 is 0 Å². The molecule has 0 spiro atoms. The molecule has 284 valence electrons. The van der Waals surface area contributed by atoms with E-state index in [2.05, 4.69) is 211 Å². The van der Waals surface area contributed by atoms with Gasteiger partial charge in [-0.15, -0.1) is 11.3 Å². The van der Waals surface area contributed by atoms with E-state index in [9.17, 15) is 0 Å². The molecule has 3 heterocycles. The fourth-order valence-electron chi connectivity index (χ4n) is 9.42. The first kappa shape index (κ1) is 34.1. The smallest absolute Gasteiger partial charge is 0.227 e. The second-order valence-electron chi connectivity index (χ2n) is 15.9. The summed E-state index contributed by atoms with van der Waals surface area (Å²) in [5.41, 5.74) is 13.3. The Kier molecular flexibility index (Phi) is 7.47. The maximum absolute atomic E-state index is 6.73. The molecule has 3 nitrogen and oxygen atoms in total. The average molecular weight is 795 g/mol. The summed E-state index contributed by atoms with van der Waals surface area (Å²) in [6.45, 7) is 0. The maximum atomic E-state index is 6.73. The first-order valence-corrected chi connectivity index (χ1v) is 21.5. The van der Waals surface area contributed by atoms with Gasteiger partial charge in [-0.2, -0.15) is 0 Å². The highest BCUT2D eigenvalue weighted by Crippen LogP contribution is 2.43. The second kappa shape index (κ2) is 13.4. The van der Waals surface area contributed by atoms with Gasteiger partial charge in [0.2, 0.25) is 5.89 Å². The van der Waals surface area contributed by atoms with Gasteiger partial charge in [0.05, 0.1) is 11.0 Å². The van der Waals surface area contributed by atoms with Gasteiger partial charge in [-0.3, -0.25) is 0 Å². The van der Waals surface area contributed by atoms with Gasteiger partial charge in [0.1, 0.15) is 5.52 Å². The molecule has 0 aliphatic rings. The molecule has 0 amide bonds. The van der Waals surface area contributed by atoms with Crippen molar-refractivity contribution in [2.24, 2.45) is 0 Å². The molecule has 0 saturated heterocycles. The van der Waals surface area contributed by atoms with E-state index < -0.39 is 0 Å². The number of rotatable bonds is 5. The molecule has 0 aliphatic carbocycles. The molecule has 0 saturated carbocycles. The number of thiophene rings is 1. The second-order valence-corrected chi connectivity index (χ2v) is 17.0. The van der Waals surface area contributed by atoms with Gasteiger partial charge in [-0.05, 0) is 128 Å². The molecule has 0 radical (unpaired) electrons. The number of hydrogen-bond donors (Lipinski definition) is 0. The van der Waals surface area contributed by atoms with Crippen molar-refractivity contribution in [1.82, 2.24) is 9.55 Å². The third-order valence-corrected chi connectivity index (χ3v) is 13.5. The van der Waals surface area contributed by atoms with Crippen molar-refractivity contribution >= 4 is 86.0 Å². The summed E-state index contributed by atoms with van der Waals surface area (Å²) in [4.78, 5) is 5.05. The van der Waals surface area contributed by atoms with Crippen LogP contribution in [-0.4, -0.2) is 9.55 Å². The summed E-state index contributed by atoms with van der Waals surface area (Å²) >= 11 is 1.80. The fourth-order valence-corrected chi connectivity index (χ4v) is 10.5. The van der Waals surface area contributed by atoms with E-state index in [1.54, 1.807) is 11.3 Å². The van der Waals surface area contributed by atoms with Crippen LogP contribution in [-0.2, 0) is 0 Å². The van der Waals surface area contributed by atoms with Crippen LogP contribution in [0.5, 0.6) is 0 Å². The first-order valence-electron chi connectivity index (χ1n) is 20.7. The Bertz CT molecular complexity index is 3850. The van der Waals surface area contributed by atoms with E-state index in [1.165, 1.54) is 86.0 Å². The first-order chi connectivity index (χ1) is 30.2. The van der Waals surface area contributed by atoms with Crippen LogP contribution in [0.2, 0.25) is 0 Å². The highest BCUT2D eigenvalue weighted by atomic mass is 32.1. The van der Waals surface area contributed by atoms with Crippen LogP contribution in [0.3, 0.4) is 0 Å². The minimum absolute atomic E-state index is 0.624. The van der Waals surface area contributed by atoms with Crippen molar-refractivity contribution in [3.63, 3.8) is 0 Å². The fraction of sp³-hybridized carbons (Fsp3) is 0. The molecule has 0 unspecified atom stereocenters. The van der Waals surface area contributed by atoms with Gasteiger partial charge in [0.15, 0.2) is 5.58 Å². The highest BCUT2D eigenvalue weighted by Gasteiger charge is 2.19. The Labute approximate surface area is 355 Å². The van der Waals surface area contributed by atoms with Crippen LogP contribution >= 0.6 is 11.3 Å². The molecule has 0 aliphatic heterocycles. The van der Waals surface area contributed by atoms with Crippen molar-refractivity contribution in [3.05, 3.63) is 206 Å². The number of benzene rings is 10. The summed E-state index contributed by atoms with van der Waals surface area (Å²) in [7, 11) is 0. The predicted octanol–water partition coefficient (Wildman–Crippen LogP) is 16.3. The molecule has 61 heavy (non-hydrogen) atoms. The van der Waals surface area contributed by atoms with Crippen LogP contribution in [0.4, 0.5) is 0 Å². The molecule has 13 aromatic rings. The van der Waals surface area contributed by atoms with Crippen molar-refractivity contribution in [2.45, 2.75) is 0 Å². The van der Waals surface area contributed by atoms with Crippen LogP contribution in [0, 0.1) is 0 Å². The van der Waals surface area contributed by atoms with Gasteiger partial charge in [-0.1, -0.05) is 133 Å². The third kappa shape index (κ3) is 5.46. The Balaban J connectivity index is 0.913. The number of oxazole rings is 1. The molecular formula is C57H34N2OS. The molecule has 13 rings (SSSR count). The molecule has 0 bridgehead atoms. The zero-order valence-electron chi connectivity index (χ0n) is 32.8. The van der Waals surface area contributed by atoms with Crippen LogP contribution in [0.1, 0.15) is 0 Å². The lowest BCUT2D eigenvalue weighted by Gasteiger charge is -2.10. The van der Waals surface area contributed by atoms with Gasteiger partial charge in [0, 0.05) is 42.2 Å². The van der Waals surface area contributed by atoms with E-state index in [0.717, 1.165) is 33.3 Å². The Morgan fingerprint density at radius 3 is 1.85 bits per heavy atom. The van der Waals surface area contributed by atoms with Crippen molar-refractivity contribution in [3.8, 4) is 50.5 Å². The molecule has 0 N–H and O–H groups in total. The monoisotopic (exact) mass is 794 g/mol. The molecular weight excluding hydrogens is 761 g/mol. The van der Waals surface area contributed by atoms with Crippen molar-refractivity contribution < 1.29 is 4.42 Å². The zero-order chi connectivity index (χ0) is 40.0. The highest BCUT2D eigenvalue weighted by molar-refractivity contribution is 7.26. The Morgan fingerprint density at radius 2 is 1.03 bits per heavy atom. The molecule has 0 fully saturated rings. The third-order valence-electron chi connectivity index (χ3n) is 12.4. The van der Waals surface area contributed by atoms with Crippen molar-refractivity contribution in [1.29, 1.82) is 0 Å². The van der Waals surface area contributed by atoms with Crippen LogP contribution in [0.15, 0.2) is 211 Å². The molecule has 4 heteroatoms. The van der Waals surface area contributed by atoms with E-state index in [1.807, 2.05) is 0 Å². The Hall–Kier alpha value is -7.79. The van der Waals surface area contributed by atoms with E-state index >= 15 is 0 Å². The quantitative estimate of drug-likeness (QED) is 0.174. The lowest BCUT2D eigenvalue weighted by atomic mass is 9.97. The maximum Gasteiger partial charge on any atom is 0.227 e. The number of fused-ring (bicyclic) bond motifs is 10. The van der Waals surface area contributed by atoms with Gasteiger partial charge in [-0.25, -0.2) is 4.98 Å². The minimum atomic E-state index is 0.624. The lowest BCUT2D eigenvalue weighted by Crippen LogP contribution is -1.94. The topological polar surface area (TPSA) is 31.0 Å². The number of aromatic nitrogens is 2. The van der Waals surface area contributed by atoms with Gasteiger partial charge in [0.25, 0.3) is 0 Å². The SMILES string of the molecule is c1ccc(-c2ccc(-n3c4cc5ccccc5cc4c4c(-c5ccc(-c6nc7ccc8sc9ccc(-c%10ccc%11ccccc%11c%10)cc9c8c7o6)cc5)cccc43)cc2)cc1. The van der Waals surface area contributed by atoms with Crippen LogP contribution in [0.25, 0.3) is 125 Å². The standard InChI is InChI=1S/C57H34N2OS/c1-2-9-35(10-3-1)37-23-26-45(27-24-37)59-50-16-8-15-46(54(50)47-32-41-13-6-7-14-42(41)34-51(47)59)38-18-20-39(21-19-38)57-58-49-28-30-53-55(56(49)60-57)48-33-44(25-29-52(48)61-53)43-22-17-36-11-4-5-12-40(36)31-43/h1-34H. The van der Waals surface area contributed by atoms with E-state index in [4.69, 9.17) is 9.40 Å². The number of hydrogen-bond acceptors (Lipinski definition) is 3. The molecule has 10 aromatic carbocycles. The summed E-state index contributed by atoms with van der Waals surface area (Å²) in [5.74, 6) is 0.624. The molecule has 3 aromatic heterocycles. The Morgan fingerprint density at radius 1 is 0.393 bits per heavy atom.